The van der Waals surface area contributed by atoms with Crippen LogP contribution in [0.1, 0.15) is 11.1 Å². The minimum atomic E-state index is 0.896. The van der Waals surface area contributed by atoms with E-state index in [4.69, 9.17) is 9.47 Å². The molecule has 0 unspecified atom stereocenters. The summed E-state index contributed by atoms with van der Waals surface area (Å²) in [7, 11) is 3.44. The molecule has 1 saturated heterocycles. The van der Waals surface area contributed by atoms with Crippen LogP contribution in [0.2, 0.25) is 0 Å². The number of pyridine rings is 1. The second-order valence-electron chi connectivity index (χ2n) is 6.39. The average Bonchev–Trinajstić information content (AvgIpc) is 2.64. The molecule has 0 bridgehead atoms. The van der Waals surface area contributed by atoms with Gasteiger partial charge in [0.2, 0.25) is 0 Å². The van der Waals surface area contributed by atoms with E-state index in [0.29, 0.717) is 0 Å². The van der Waals surface area contributed by atoms with E-state index in [9.17, 15) is 0 Å². The summed E-state index contributed by atoms with van der Waals surface area (Å²) in [6, 6.07) is 10.3. The normalized spacial score (nSPS) is 20.6. The molecule has 24 heavy (non-hydrogen) atoms. The van der Waals surface area contributed by atoms with Crippen molar-refractivity contribution in [2.45, 2.75) is 13.1 Å². The quantitative estimate of drug-likeness (QED) is 0.756. The van der Waals surface area contributed by atoms with Crippen molar-refractivity contribution in [3.05, 3.63) is 53.9 Å². The number of nitrogens with zero attached hydrogens (tertiary/aromatic N) is 1. The summed E-state index contributed by atoms with van der Waals surface area (Å²) in [6.45, 7) is 6.84. The third-order valence-electron chi connectivity index (χ3n) is 4.80. The number of nitrogens with one attached hydrogen (secondary N) is 2. The van der Waals surface area contributed by atoms with E-state index < -0.39 is 0 Å². The highest BCUT2D eigenvalue weighted by Crippen LogP contribution is 2.23. The second-order valence-corrected chi connectivity index (χ2v) is 6.39. The van der Waals surface area contributed by atoms with Crippen LogP contribution < -0.4 is 19.3 Å². The van der Waals surface area contributed by atoms with Crippen LogP contribution in [0.25, 0.3) is 0 Å². The molecule has 5 nitrogen and oxygen atoms in total. The molecule has 1 fully saturated rings. The maximum atomic E-state index is 5.51. The van der Waals surface area contributed by atoms with E-state index in [-0.39, 0.29) is 0 Å². The molecule has 0 spiro atoms. The number of benzene rings is 1. The van der Waals surface area contributed by atoms with Crippen molar-refractivity contribution >= 4 is 0 Å². The molecule has 0 radical (unpaired) electrons. The van der Waals surface area contributed by atoms with E-state index in [1.807, 2.05) is 24.5 Å². The smallest absolute Gasteiger partial charge is 0.127 e. The van der Waals surface area contributed by atoms with Gasteiger partial charge in [-0.1, -0.05) is 0 Å². The molecule has 3 rings (SSSR count). The summed E-state index contributed by atoms with van der Waals surface area (Å²) in [5.74, 6) is 1.85. The lowest BCUT2D eigenvalue weighted by Gasteiger charge is -2.30. The van der Waals surface area contributed by atoms with Crippen molar-refractivity contribution in [1.29, 1.82) is 0 Å². The molecular weight excluding hydrogens is 302 g/mol. The van der Waals surface area contributed by atoms with Crippen molar-refractivity contribution in [3.63, 3.8) is 0 Å². The molecule has 1 aliphatic rings. The molecule has 2 N–H and O–H groups in total. The number of methoxy groups -OCH3 is 2. The number of hydrogen-bond acceptors (Lipinski definition) is 3. The SMILES string of the molecule is COc1ccc(OC)c(C[NH+]2CC[NH+](Cc3ccncc3)CC2)c1. The lowest BCUT2D eigenvalue weighted by Crippen LogP contribution is -3.27. The second kappa shape index (κ2) is 8.13. The Kier molecular flexibility index (Phi) is 5.67. The standard InChI is InChI=1S/C19H25N3O2/c1-23-18-3-4-19(24-2)17(13-18)15-22-11-9-21(10-12-22)14-16-5-7-20-8-6-16/h3-8,13H,9-12,14-15H2,1-2H3/p+2. The first-order valence-electron chi connectivity index (χ1n) is 8.55. The minimum absolute atomic E-state index is 0.896. The van der Waals surface area contributed by atoms with Crippen LogP contribution in [-0.4, -0.2) is 45.4 Å². The Balaban J connectivity index is 1.55. The number of hydrogen-bond donors (Lipinski definition) is 2. The van der Waals surface area contributed by atoms with Gasteiger partial charge in [0.05, 0.1) is 19.8 Å². The van der Waals surface area contributed by atoms with Gasteiger partial charge in [0, 0.05) is 18.0 Å². The van der Waals surface area contributed by atoms with Crippen LogP contribution in [0.5, 0.6) is 11.5 Å². The molecule has 0 atom stereocenters. The highest BCUT2D eigenvalue weighted by Gasteiger charge is 2.24. The Morgan fingerprint density at radius 2 is 1.54 bits per heavy atom. The summed E-state index contributed by atoms with van der Waals surface area (Å²) >= 11 is 0. The molecule has 1 aromatic carbocycles. The van der Waals surface area contributed by atoms with Crippen molar-refractivity contribution in [1.82, 2.24) is 4.98 Å². The molecule has 128 valence electrons. The summed E-state index contributed by atoms with van der Waals surface area (Å²) in [6.07, 6.45) is 3.76. The fraction of sp³-hybridized carbons (Fsp3) is 0.421. The molecule has 2 heterocycles. The Bertz CT molecular complexity index is 640. The van der Waals surface area contributed by atoms with Gasteiger partial charge in [-0.2, -0.15) is 0 Å². The van der Waals surface area contributed by atoms with Gasteiger partial charge in [0.25, 0.3) is 0 Å². The topological polar surface area (TPSA) is 40.2 Å². The largest absolute Gasteiger partial charge is 0.497 e. The van der Waals surface area contributed by atoms with E-state index in [1.165, 1.54) is 37.3 Å². The van der Waals surface area contributed by atoms with Crippen molar-refractivity contribution in [2.24, 2.45) is 0 Å². The predicted molar refractivity (Wildman–Crippen MR) is 92.6 cm³/mol. The van der Waals surface area contributed by atoms with Crippen LogP contribution in [0.3, 0.4) is 0 Å². The Morgan fingerprint density at radius 3 is 2.17 bits per heavy atom. The molecule has 5 heteroatoms. The van der Waals surface area contributed by atoms with Gasteiger partial charge in [-0.05, 0) is 30.3 Å². The molecule has 0 saturated carbocycles. The molecule has 0 aliphatic carbocycles. The Hall–Kier alpha value is -2.11. The van der Waals surface area contributed by atoms with Crippen LogP contribution in [0, 0.1) is 0 Å². The number of ether oxygens (including phenoxy) is 2. The lowest BCUT2D eigenvalue weighted by atomic mass is 10.1. The average molecular weight is 329 g/mol. The van der Waals surface area contributed by atoms with Gasteiger partial charge in [0.15, 0.2) is 0 Å². The van der Waals surface area contributed by atoms with Gasteiger partial charge in [0.1, 0.15) is 50.8 Å². The van der Waals surface area contributed by atoms with Gasteiger partial charge >= 0.3 is 0 Å². The van der Waals surface area contributed by atoms with Crippen LogP contribution in [0.4, 0.5) is 0 Å². The van der Waals surface area contributed by atoms with Gasteiger partial charge < -0.3 is 19.3 Å². The van der Waals surface area contributed by atoms with Crippen molar-refractivity contribution in [2.75, 3.05) is 40.4 Å². The minimum Gasteiger partial charge on any atom is -0.497 e. The van der Waals surface area contributed by atoms with Crippen LogP contribution >= 0.6 is 0 Å². The number of rotatable bonds is 6. The zero-order chi connectivity index (χ0) is 16.8. The first-order chi connectivity index (χ1) is 11.8. The van der Waals surface area contributed by atoms with Gasteiger partial charge in [-0.25, -0.2) is 0 Å². The number of aromatic nitrogens is 1. The third-order valence-corrected chi connectivity index (χ3v) is 4.80. The van der Waals surface area contributed by atoms with Gasteiger partial charge in [-0.3, -0.25) is 4.98 Å². The zero-order valence-corrected chi connectivity index (χ0v) is 14.5. The fourth-order valence-electron chi connectivity index (χ4n) is 3.39. The molecule has 2 aromatic rings. The van der Waals surface area contributed by atoms with E-state index >= 15 is 0 Å². The predicted octanol–water partition coefficient (Wildman–Crippen LogP) is -0.418. The Labute approximate surface area is 143 Å². The summed E-state index contributed by atoms with van der Waals surface area (Å²) in [5, 5.41) is 0. The number of piperazine rings is 1. The third kappa shape index (κ3) is 4.24. The summed E-state index contributed by atoms with van der Waals surface area (Å²) in [4.78, 5) is 7.36. The van der Waals surface area contributed by atoms with Crippen molar-refractivity contribution in [3.8, 4) is 11.5 Å². The first-order valence-corrected chi connectivity index (χ1v) is 8.55. The van der Waals surface area contributed by atoms with Crippen LogP contribution in [-0.2, 0) is 13.1 Å². The van der Waals surface area contributed by atoms with E-state index in [0.717, 1.165) is 24.6 Å². The molecule has 1 aromatic heterocycles. The highest BCUT2D eigenvalue weighted by molar-refractivity contribution is 5.39. The van der Waals surface area contributed by atoms with E-state index in [2.05, 4.69) is 23.2 Å². The monoisotopic (exact) mass is 329 g/mol. The maximum absolute atomic E-state index is 5.51. The molecular formula is C19H27N3O2+2. The summed E-state index contributed by atoms with van der Waals surface area (Å²) < 4.78 is 10.9. The van der Waals surface area contributed by atoms with Crippen LogP contribution in [0.15, 0.2) is 42.7 Å². The zero-order valence-electron chi connectivity index (χ0n) is 14.5. The van der Waals surface area contributed by atoms with Gasteiger partial charge in [-0.15, -0.1) is 0 Å². The fourth-order valence-corrected chi connectivity index (χ4v) is 3.39. The number of quaternary nitrogens is 2. The van der Waals surface area contributed by atoms with Crippen molar-refractivity contribution < 1.29 is 19.3 Å². The highest BCUT2D eigenvalue weighted by atomic mass is 16.5. The van der Waals surface area contributed by atoms with E-state index in [1.54, 1.807) is 24.0 Å². The summed E-state index contributed by atoms with van der Waals surface area (Å²) in [5.41, 5.74) is 2.60. The molecule has 1 aliphatic heterocycles. The first kappa shape index (κ1) is 16.7. The molecule has 0 amide bonds. The maximum Gasteiger partial charge on any atom is 0.127 e. The Morgan fingerprint density at radius 1 is 0.875 bits per heavy atom. The lowest BCUT2D eigenvalue weighted by molar-refractivity contribution is -1.02.